The van der Waals surface area contributed by atoms with Gasteiger partial charge in [-0.3, -0.25) is 19.1 Å². The highest BCUT2D eigenvalue weighted by molar-refractivity contribution is 5.93. The van der Waals surface area contributed by atoms with Crippen molar-refractivity contribution in [3.05, 3.63) is 46.0 Å². The molecule has 1 N–H and O–H groups in total. The molecule has 1 aromatic heterocycles. The van der Waals surface area contributed by atoms with E-state index < -0.39 is 11.6 Å². The summed E-state index contributed by atoms with van der Waals surface area (Å²) in [5.41, 5.74) is 1.57. The van der Waals surface area contributed by atoms with Crippen molar-refractivity contribution in [3.63, 3.8) is 0 Å². The molecule has 0 spiro atoms. The van der Waals surface area contributed by atoms with Crippen molar-refractivity contribution < 1.29 is 14.3 Å². The lowest BCUT2D eigenvalue weighted by Crippen LogP contribution is -2.40. The molecule has 0 atom stereocenters. The SMILES string of the molecule is C#CC1(NC(=O)Cn2c(C)nc(-c3ccc(C)cc3N(C)C(=O)OC)cc2=O)CC1. The minimum Gasteiger partial charge on any atom is -0.452 e. The van der Waals surface area contributed by atoms with Crippen LogP contribution in [0, 0.1) is 26.2 Å². The van der Waals surface area contributed by atoms with Crippen LogP contribution in [0.2, 0.25) is 0 Å². The Bertz CT molecular complexity index is 1110. The molecule has 3 rings (SSSR count). The molecule has 30 heavy (non-hydrogen) atoms. The van der Waals surface area contributed by atoms with E-state index in [4.69, 9.17) is 11.2 Å². The van der Waals surface area contributed by atoms with E-state index in [0.29, 0.717) is 22.8 Å². The number of carbonyl (C=O) groups is 2. The van der Waals surface area contributed by atoms with E-state index in [1.807, 2.05) is 19.1 Å². The fourth-order valence-corrected chi connectivity index (χ4v) is 3.20. The zero-order valence-electron chi connectivity index (χ0n) is 17.5. The Morgan fingerprint density at radius 2 is 2.03 bits per heavy atom. The highest BCUT2D eigenvalue weighted by Crippen LogP contribution is 2.34. The van der Waals surface area contributed by atoms with Crippen molar-refractivity contribution in [2.75, 3.05) is 19.1 Å². The van der Waals surface area contributed by atoms with Gasteiger partial charge in [0.05, 0.1) is 18.5 Å². The molecule has 1 aliphatic carbocycles. The average Bonchev–Trinajstić information content (AvgIpc) is 3.49. The third-order valence-electron chi connectivity index (χ3n) is 5.14. The van der Waals surface area contributed by atoms with Gasteiger partial charge < -0.3 is 10.1 Å². The number of aryl methyl sites for hydroxylation is 2. The van der Waals surface area contributed by atoms with E-state index in [0.717, 1.165) is 18.4 Å². The van der Waals surface area contributed by atoms with Gasteiger partial charge in [-0.25, -0.2) is 9.78 Å². The Kier molecular flexibility index (Phi) is 5.65. The highest BCUT2D eigenvalue weighted by atomic mass is 16.5. The molecule has 0 bridgehead atoms. The first-order chi connectivity index (χ1) is 14.2. The highest BCUT2D eigenvalue weighted by Gasteiger charge is 2.42. The van der Waals surface area contributed by atoms with Gasteiger partial charge in [-0.1, -0.05) is 18.1 Å². The Morgan fingerprint density at radius 3 is 2.60 bits per heavy atom. The second kappa shape index (κ2) is 8.03. The fraction of sp³-hybridized carbons (Fsp3) is 0.364. The van der Waals surface area contributed by atoms with Gasteiger partial charge in [-0.15, -0.1) is 6.42 Å². The number of nitrogens with one attached hydrogen (secondary N) is 1. The number of hydrogen-bond acceptors (Lipinski definition) is 5. The van der Waals surface area contributed by atoms with Crippen molar-refractivity contribution in [2.24, 2.45) is 0 Å². The van der Waals surface area contributed by atoms with Gasteiger partial charge in [0.25, 0.3) is 5.56 Å². The number of benzene rings is 1. The number of hydrogen-bond donors (Lipinski definition) is 1. The summed E-state index contributed by atoms with van der Waals surface area (Å²) in [5, 5.41) is 2.79. The van der Waals surface area contributed by atoms with Gasteiger partial charge >= 0.3 is 6.09 Å². The van der Waals surface area contributed by atoms with E-state index in [-0.39, 0.29) is 18.0 Å². The Balaban J connectivity index is 1.94. The number of rotatable bonds is 5. The molecule has 1 aliphatic rings. The summed E-state index contributed by atoms with van der Waals surface area (Å²) in [6.45, 7) is 3.39. The van der Waals surface area contributed by atoms with Crippen LogP contribution in [0.25, 0.3) is 11.3 Å². The third kappa shape index (κ3) is 4.20. The Morgan fingerprint density at radius 1 is 1.33 bits per heavy atom. The van der Waals surface area contributed by atoms with Gasteiger partial charge in [-0.2, -0.15) is 0 Å². The molecule has 1 saturated carbocycles. The number of nitrogens with zero attached hydrogens (tertiary/aromatic N) is 3. The van der Waals surface area contributed by atoms with Crippen LogP contribution < -0.4 is 15.8 Å². The number of carbonyl (C=O) groups excluding carboxylic acids is 2. The third-order valence-corrected chi connectivity index (χ3v) is 5.14. The molecule has 0 aliphatic heterocycles. The molecular weight excluding hydrogens is 384 g/mol. The van der Waals surface area contributed by atoms with Gasteiger partial charge in [0.2, 0.25) is 5.91 Å². The molecule has 0 radical (unpaired) electrons. The molecule has 8 heteroatoms. The number of amides is 2. The van der Waals surface area contributed by atoms with Gasteiger partial charge in [0.1, 0.15) is 17.9 Å². The van der Waals surface area contributed by atoms with E-state index in [2.05, 4.69) is 16.2 Å². The maximum atomic E-state index is 12.8. The molecule has 2 amide bonds. The predicted molar refractivity (Wildman–Crippen MR) is 113 cm³/mol. The first-order valence-electron chi connectivity index (χ1n) is 9.49. The minimum atomic E-state index is -0.572. The molecule has 0 saturated heterocycles. The van der Waals surface area contributed by atoms with E-state index in [9.17, 15) is 14.4 Å². The standard InChI is InChI=1S/C22H24N4O4/c1-6-22(9-10-22)24-19(27)13-26-15(3)23-17(12-20(26)28)16-8-7-14(2)11-18(16)25(4)21(29)30-5/h1,7-8,11-12H,9-10,13H2,2-5H3,(H,24,27). The normalized spacial score (nSPS) is 13.8. The zero-order valence-corrected chi connectivity index (χ0v) is 17.5. The zero-order chi connectivity index (χ0) is 22.1. The lowest BCUT2D eigenvalue weighted by atomic mass is 10.1. The summed E-state index contributed by atoms with van der Waals surface area (Å²) in [4.78, 5) is 43.0. The fourth-order valence-electron chi connectivity index (χ4n) is 3.20. The van der Waals surface area contributed by atoms with Crippen molar-refractivity contribution in [1.82, 2.24) is 14.9 Å². The van der Waals surface area contributed by atoms with Crippen LogP contribution in [0.1, 0.15) is 24.2 Å². The first-order valence-corrected chi connectivity index (χ1v) is 9.49. The molecule has 8 nitrogen and oxygen atoms in total. The van der Waals surface area contributed by atoms with Crippen LogP contribution in [0.15, 0.2) is 29.1 Å². The second-order valence-corrected chi connectivity index (χ2v) is 7.44. The van der Waals surface area contributed by atoms with Crippen molar-refractivity contribution in [3.8, 4) is 23.6 Å². The first kappa shape index (κ1) is 21.1. The molecule has 1 aromatic carbocycles. The second-order valence-electron chi connectivity index (χ2n) is 7.44. The maximum absolute atomic E-state index is 12.8. The van der Waals surface area contributed by atoms with Crippen LogP contribution in [-0.4, -0.2) is 41.2 Å². The summed E-state index contributed by atoms with van der Waals surface area (Å²) in [6, 6.07) is 6.84. The van der Waals surface area contributed by atoms with Crippen LogP contribution in [0.5, 0.6) is 0 Å². The average molecular weight is 408 g/mol. The van der Waals surface area contributed by atoms with Crippen LogP contribution in [0.3, 0.4) is 0 Å². The van der Waals surface area contributed by atoms with Gasteiger partial charge in [0.15, 0.2) is 0 Å². The van der Waals surface area contributed by atoms with Crippen molar-refractivity contribution in [1.29, 1.82) is 0 Å². The molecule has 1 heterocycles. The summed E-state index contributed by atoms with van der Waals surface area (Å²) in [5.74, 6) is 2.64. The van der Waals surface area contributed by atoms with E-state index >= 15 is 0 Å². The number of terminal acetylenes is 1. The smallest absolute Gasteiger partial charge is 0.413 e. The topological polar surface area (TPSA) is 93.5 Å². The Hall–Kier alpha value is -3.60. The van der Waals surface area contributed by atoms with Gasteiger partial charge in [-0.05, 0) is 38.3 Å². The van der Waals surface area contributed by atoms with Crippen molar-refractivity contribution in [2.45, 2.75) is 38.8 Å². The lowest BCUT2D eigenvalue weighted by molar-refractivity contribution is -0.122. The quantitative estimate of drug-likeness (QED) is 0.764. The van der Waals surface area contributed by atoms with E-state index in [1.54, 1.807) is 20.0 Å². The summed E-state index contributed by atoms with van der Waals surface area (Å²) >= 11 is 0. The molecular formula is C22H24N4O4. The number of aromatic nitrogens is 2. The maximum Gasteiger partial charge on any atom is 0.413 e. The molecule has 0 unspecified atom stereocenters. The molecule has 156 valence electrons. The Labute approximate surface area is 174 Å². The number of methoxy groups -OCH3 is 1. The van der Waals surface area contributed by atoms with Crippen LogP contribution in [0.4, 0.5) is 10.5 Å². The van der Waals surface area contributed by atoms with Gasteiger partial charge in [0, 0.05) is 18.7 Å². The van der Waals surface area contributed by atoms with E-state index in [1.165, 1.54) is 22.6 Å². The minimum absolute atomic E-state index is 0.163. The van der Waals surface area contributed by atoms with Crippen LogP contribution >= 0.6 is 0 Å². The monoisotopic (exact) mass is 408 g/mol. The molecule has 2 aromatic rings. The predicted octanol–water partition coefficient (Wildman–Crippen LogP) is 2.01. The number of anilines is 1. The summed E-state index contributed by atoms with van der Waals surface area (Å²) in [6.07, 6.45) is 6.40. The summed E-state index contributed by atoms with van der Waals surface area (Å²) in [7, 11) is 2.89. The largest absolute Gasteiger partial charge is 0.452 e. The van der Waals surface area contributed by atoms with Crippen molar-refractivity contribution >= 4 is 17.7 Å². The lowest BCUT2D eigenvalue weighted by Gasteiger charge is -2.20. The van der Waals surface area contributed by atoms with Crippen LogP contribution in [-0.2, 0) is 16.1 Å². The number of ether oxygens (including phenoxy) is 1. The summed E-state index contributed by atoms with van der Waals surface area (Å²) < 4.78 is 6.10. The molecule has 1 fully saturated rings.